The number of azo groups is 1. The van der Waals surface area contributed by atoms with Gasteiger partial charge in [-0.25, -0.2) is 0 Å². The van der Waals surface area contributed by atoms with E-state index in [4.69, 9.17) is 5.11 Å². The summed E-state index contributed by atoms with van der Waals surface area (Å²) in [4.78, 5) is 11.1. The summed E-state index contributed by atoms with van der Waals surface area (Å²) in [5.41, 5.74) is 0.988. The van der Waals surface area contributed by atoms with Gasteiger partial charge in [0.25, 0.3) is 0 Å². The van der Waals surface area contributed by atoms with Crippen molar-refractivity contribution in [1.82, 2.24) is 0 Å². The zero-order valence-electron chi connectivity index (χ0n) is 9.71. The summed E-state index contributed by atoms with van der Waals surface area (Å²) in [7, 11) is 0. The molecule has 1 aromatic rings. The van der Waals surface area contributed by atoms with Gasteiger partial charge in [-0.05, 0) is 13.0 Å². The molecule has 0 aliphatic heterocycles. The fraction of sp³-hybridized carbons (Fsp3) is 0.250. The number of Topliss-reactive ketones (excluding diaryl/α,β-unsaturated/α-hetero) is 1. The maximum atomic E-state index is 11.1. The Kier molecular flexibility index (Phi) is 4.54. The van der Waals surface area contributed by atoms with Crippen LogP contribution in [0, 0.1) is 0 Å². The first-order valence-corrected chi connectivity index (χ1v) is 5.07. The Bertz CT molecular complexity index is 474. The Morgan fingerprint density at radius 1 is 1.29 bits per heavy atom. The number of benzene rings is 1. The standard InChI is InChI=1S/C12H14N2O3/c1-8(16)12(9(2)17)14-13-11-6-4-3-5-10(11)7-15/h3-6,15-16H,7H2,1-2H3/b12-8-,14-13?. The van der Waals surface area contributed by atoms with E-state index in [0.717, 1.165) is 0 Å². The lowest BCUT2D eigenvalue weighted by Crippen LogP contribution is -1.96. The highest BCUT2D eigenvalue weighted by Crippen LogP contribution is 2.20. The molecule has 17 heavy (non-hydrogen) atoms. The molecule has 0 fully saturated rings. The Morgan fingerprint density at radius 2 is 1.94 bits per heavy atom. The van der Waals surface area contributed by atoms with Gasteiger partial charge in [0.05, 0.1) is 12.3 Å². The van der Waals surface area contributed by atoms with Crippen LogP contribution in [0.15, 0.2) is 46.0 Å². The molecule has 0 saturated heterocycles. The number of ketones is 1. The molecule has 0 atom stereocenters. The van der Waals surface area contributed by atoms with Crippen LogP contribution in [0.4, 0.5) is 5.69 Å². The molecular weight excluding hydrogens is 220 g/mol. The van der Waals surface area contributed by atoms with Crippen LogP contribution in [0.2, 0.25) is 0 Å². The summed E-state index contributed by atoms with van der Waals surface area (Å²) in [5, 5.41) is 25.9. The van der Waals surface area contributed by atoms with Gasteiger partial charge in [0.1, 0.15) is 5.76 Å². The largest absolute Gasteiger partial charge is 0.510 e. The predicted molar refractivity (Wildman–Crippen MR) is 62.9 cm³/mol. The van der Waals surface area contributed by atoms with Gasteiger partial charge >= 0.3 is 0 Å². The first kappa shape index (κ1) is 13.1. The van der Waals surface area contributed by atoms with Crippen LogP contribution in [0.5, 0.6) is 0 Å². The maximum absolute atomic E-state index is 11.1. The van der Waals surface area contributed by atoms with Gasteiger partial charge in [0.15, 0.2) is 11.5 Å². The van der Waals surface area contributed by atoms with Crippen molar-refractivity contribution in [2.24, 2.45) is 10.2 Å². The molecule has 5 nitrogen and oxygen atoms in total. The van der Waals surface area contributed by atoms with Gasteiger partial charge in [0, 0.05) is 12.5 Å². The van der Waals surface area contributed by atoms with E-state index in [1.807, 2.05) is 0 Å². The van der Waals surface area contributed by atoms with Crippen LogP contribution in [0.3, 0.4) is 0 Å². The Hall–Kier alpha value is -2.01. The van der Waals surface area contributed by atoms with Crippen molar-refractivity contribution in [2.45, 2.75) is 20.5 Å². The molecule has 0 spiro atoms. The third-order valence-corrected chi connectivity index (χ3v) is 2.10. The van der Waals surface area contributed by atoms with Crippen molar-refractivity contribution in [3.63, 3.8) is 0 Å². The summed E-state index contributed by atoms with van der Waals surface area (Å²) in [6.07, 6.45) is 0. The van der Waals surface area contributed by atoms with Gasteiger partial charge in [0.2, 0.25) is 0 Å². The molecule has 0 heterocycles. The second-order valence-electron chi connectivity index (χ2n) is 3.48. The quantitative estimate of drug-likeness (QED) is 0.477. The number of hydrogen-bond donors (Lipinski definition) is 2. The number of rotatable bonds is 4. The summed E-state index contributed by atoms with van der Waals surface area (Å²) in [5.74, 6) is -0.544. The fourth-order valence-electron chi connectivity index (χ4n) is 1.24. The molecule has 0 aromatic heterocycles. The van der Waals surface area contributed by atoms with E-state index in [0.29, 0.717) is 11.3 Å². The lowest BCUT2D eigenvalue weighted by atomic mass is 10.2. The third kappa shape index (κ3) is 3.49. The topological polar surface area (TPSA) is 82.2 Å². The van der Waals surface area contributed by atoms with E-state index >= 15 is 0 Å². The normalized spacial score (nSPS) is 12.6. The van der Waals surface area contributed by atoms with Crippen LogP contribution in [-0.4, -0.2) is 16.0 Å². The van der Waals surface area contributed by atoms with Crippen molar-refractivity contribution < 1.29 is 15.0 Å². The first-order valence-electron chi connectivity index (χ1n) is 5.07. The first-order chi connectivity index (χ1) is 8.06. The number of carbonyl (C=O) groups excluding carboxylic acids is 1. The van der Waals surface area contributed by atoms with Crippen molar-refractivity contribution in [1.29, 1.82) is 0 Å². The molecule has 0 unspecified atom stereocenters. The van der Waals surface area contributed by atoms with Crippen LogP contribution in [-0.2, 0) is 11.4 Å². The van der Waals surface area contributed by atoms with E-state index in [-0.39, 0.29) is 23.8 Å². The summed E-state index contributed by atoms with van der Waals surface area (Å²) in [6.45, 7) is 2.51. The maximum Gasteiger partial charge on any atom is 0.183 e. The van der Waals surface area contributed by atoms with Crippen molar-refractivity contribution in [2.75, 3.05) is 0 Å². The highest BCUT2D eigenvalue weighted by Gasteiger charge is 2.07. The molecule has 1 rings (SSSR count). The summed E-state index contributed by atoms with van der Waals surface area (Å²) in [6, 6.07) is 6.89. The van der Waals surface area contributed by atoms with Gasteiger partial charge < -0.3 is 10.2 Å². The number of carbonyl (C=O) groups is 1. The highest BCUT2D eigenvalue weighted by molar-refractivity contribution is 5.93. The van der Waals surface area contributed by atoms with Gasteiger partial charge in [-0.3, -0.25) is 4.79 Å². The van der Waals surface area contributed by atoms with Crippen molar-refractivity contribution >= 4 is 11.5 Å². The minimum absolute atomic E-state index is 0.0854. The zero-order chi connectivity index (χ0) is 12.8. The Morgan fingerprint density at radius 3 is 2.47 bits per heavy atom. The Labute approximate surface area is 99.1 Å². The van der Waals surface area contributed by atoms with Crippen molar-refractivity contribution in [3.05, 3.63) is 41.3 Å². The van der Waals surface area contributed by atoms with Crippen LogP contribution < -0.4 is 0 Å². The smallest absolute Gasteiger partial charge is 0.183 e. The van der Waals surface area contributed by atoms with Gasteiger partial charge in [-0.1, -0.05) is 18.2 Å². The van der Waals surface area contributed by atoms with E-state index in [9.17, 15) is 9.90 Å². The molecular formula is C12H14N2O3. The lowest BCUT2D eigenvalue weighted by molar-refractivity contribution is -0.113. The number of aliphatic hydroxyl groups excluding tert-OH is 2. The predicted octanol–water partition coefficient (Wildman–Crippen LogP) is 2.64. The van der Waals surface area contributed by atoms with Gasteiger partial charge in [-0.2, -0.15) is 0 Å². The molecule has 0 aliphatic rings. The summed E-state index contributed by atoms with van der Waals surface area (Å²) >= 11 is 0. The van der Waals surface area contributed by atoms with E-state index in [1.165, 1.54) is 13.8 Å². The fourth-order valence-corrected chi connectivity index (χ4v) is 1.24. The molecule has 0 amide bonds. The molecule has 1 aromatic carbocycles. The molecule has 90 valence electrons. The third-order valence-electron chi connectivity index (χ3n) is 2.10. The van der Waals surface area contributed by atoms with E-state index in [2.05, 4.69) is 10.2 Å². The molecule has 0 radical (unpaired) electrons. The Balaban J connectivity index is 3.05. The molecule has 2 N–H and O–H groups in total. The van der Waals surface area contributed by atoms with Crippen LogP contribution in [0.1, 0.15) is 19.4 Å². The zero-order valence-corrected chi connectivity index (χ0v) is 9.71. The molecule has 0 saturated carbocycles. The summed E-state index contributed by atoms with van der Waals surface area (Å²) < 4.78 is 0. The minimum atomic E-state index is -0.366. The minimum Gasteiger partial charge on any atom is -0.510 e. The number of allylic oxidation sites excluding steroid dienone is 2. The molecule has 0 bridgehead atoms. The second kappa shape index (κ2) is 5.91. The van der Waals surface area contributed by atoms with Crippen molar-refractivity contribution in [3.8, 4) is 0 Å². The monoisotopic (exact) mass is 234 g/mol. The molecule has 5 heteroatoms. The van der Waals surface area contributed by atoms with E-state index in [1.54, 1.807) is 24.3 Å². The van der Waals surface area contributed by atoms with Crippen LogP contribution in [0.25, 0.3) is 0 Å². The lowest BCUT2D eigenvalue weighted by Gasteiger charge is -2.00. The number of nitrogens with zero attached hydrogens (tertiary/aromatic N) is 2. The van der Waals surface area contributed by atoms with Gasteiger partial charge in [-0.15, -0.1) is 10.2 Å². The number of aliphatic hydroxyl groups is 2. The second-order valence-corrected chi connectivity index (χ2v) is 3.48. The highest BCUT2D eigenvalue weighted by atomic mass is 16.3. The van der Waals surface area contributed by atoms with Crippen LogP contribution >= 0.6 is 0 Å². The average Bonchev–Trinajstić information content (AvgIpc) is 2.29. The number of hydrogen-bond acceptors (Lipinski definition) is 5. The van der Waals surface area contributed by atoms with E-state index < -0.39 is 0 Å². The SMILES string of the molecule is CC(=O)/C(N=Nc1ccccc1CO)=C(\C)O. The molecule has 0 aliphatic carbocycles. The average molecular weight is 234 g/mol.